The molecule has 0 aliphatic carbocycles. The van der Waals surface area contributed by atoms with Gasteiger partial charge in [0, 0.05) is 25.2 Å². The summed E-state index contributed by atoms with van der Waals surface area (Å²) in [5, 5.41) is 2.40. The number of hydrogen-bond acceptors (Lipinski definition) is 5. The van der Waals surface area contributed by atoms with E-state index in [0.29, 0.717) is 13.0 Å². The van der Waals surface area contributed by atoms with E-state index in [1.165, 1.54) is 12.1 Å². The van der Waals surface area contributed by atoms with E-state index in [1.54, 1.807) is 29.2 Å². The first-order valence-corrected chi connectivity index (χ1v) is 9.39. The maximum atomic E-state index is 12.1. The molecular formula is C21H19F3N2O5. The van der Waals surface area contributed by atoms with Crippen LogP contribution in [0.15, 0.2) is 48.5 Å². The average molecular weight is 436 g/mol. The van der Waals surface area contributed by atoms with Crippen LogP contribution in [0, 0.1) is 0 Å². The number of likely N-dealkylation sites (tertiary alicyclic amines) is 1. The van der Waals surface area contributed by atoms with E-state index in [9.17, 15) is 27.6 Å². The van der Waals surface area contributed by atoms with Gasteiger partial charge in [0.1, 0.15) is 5.75 Å². The number of hydrogen-bond donors (Lipinski definition) is 1. The topological polar surface area (TPSA) is 84.9 Å². The molecule has 2 aromatic rings. The first-order valence-electron chi connectivity index (χ1n) is 9.39. The van der Waals surface area contributed by atoms with E-state index in [4.69, 9.17) is 4.74 Å². The fraction of sp³-hybridized carbons (Fsp3) is 0.286. The summed E-state index contributed by atoms with van der Waals surface area (Å²) in [7, 11) is 0. The van der Waals surface area contributed by atoms with Crippen molar-refractivity contribution in [2.75, 3.05) is 18.5 Å². The maximum Gasteiger partial charge on any atom is 0.573 e. The lowest BCUT2D eigenvalue weighted by Gasteiger charge is -2.15. The van der Waals surface area contributed by atoms with Crippen LogP contribution in [0.2, 0.25) is 0 Å². The third kappa shape index (κ3) is 6.73. The molecule has 31 heavy (non-hydrogen) atoms. The highest BCUT2D eigenvalue weighted by Crippen LogP contribution is 2.24. The summed E-state index contributed by atoms with van der Waals surface area (Å²) in [5.41, 5.74) is 1.34. The molecule has 0 bridgehead atoms. The number of carbonyl (C=O) groups excluding carboxylic acids is 3. The predicted molar refractivity (Wildman–Crippen MR) is 103 cm³/mol. The summed E-state index contributed by atoms with van der Waals surface area (Å²) >= 11 is 0. The fourth-order valence-corrected chi connectivity index (χ4v) is 2.99. The molecule has 1 N–H and O–H groups in total. The molecule has 0 radical (unpaired) electrons. The summed E-state index contributed by atoms with van der Waals surface area (Å²) in [6.07, 6.45) is -3.41. The third-order valence-electron chi connectivity index (χ3n) is 4.44. The number of halogens is 3. The standard InChI is InChI=1S/C21H19F3N2O5/c22-21(23,24)31-17-9-7-16(8-10-17)25-18(27)13-30-20(29)15-5-3-14(4-6-15)12-26-11-1-2-19(26)28/h3-10H,1-2,11-13H2,(H,25,27). The quantitative estimate of drug-likeness (QED) is 0.672. The smallest absolute Gasteiger partial charge is 0.452 e. The van der Waals surface area contributed by atoms with Crippen LogP contribution < -0.4 is 10.1 Å². The van der Waals surface area contributed by atoms with Crippen molar-refractivity contribution in [2.24, 2.45) is 0 Å². The Hall–Kier alpha value is -3.56. The predicted octanol–water partition coefficient (Wildman–Crippen LogP) is 3.50. The zero-order chi connectivity index (χ0) is 22.4. The van der Waals surface area contributed by atoms with Crippen molar-refractivity contribution in [2.45, 2.75) is 25.7 Å². The molecule has 10 heteroatoms. The van der Waals surface area contributed by atoms with Gasteiger partial charge in [-0.3, -0.25) is 9.59 Å². The van der Waals surface area contributed by atoms with E-state index >= 15 is 0 Å². The summed E-state index contributed by atoms with van der Waals surface area (Å²) in [5.74, 6) is -1.67. The van der Waals surface area contributed by atoms with Crippen LogP contribution in [0.5, 0.6) is 5.75 Å². The lowest BCUT2D eigenvalue weighted by Crippen LogP contribution is -2.23. The number of rotatable bonds is 7. The largest absolute Gasteiger partial charge is 0.573 e. The number of esters is 1. The van der Waals surface area contributed by atoms with Gasteiger partial charge in [-0.05, 0) is 48.4 Å². The highest BCUT2D eigenvalue weighted by atomic mass is 19.4. The first-order chi connectivity index (χ1) is 14.7. The van der Waals surface area contributed by atoms with Crippen LogP contribution in [-0.4, -0.2) is 42.2 Å². The Morgan fingerprint density at radius 1 is 1.03 bits per heavy atom. The Kier molecular flexibility index (Phi) is 6.78. The summed E-state index contributed by atoms with van der Waals surface area (Å²) in [6, 6.07) is 11.1. The molecule has 0 aromatic heterocycles. The monoisotopic (exact) mass is 436 g/mol. The number of ether oxygens (including phenoxy) is 2. The van der Waals surface area contributed by atoms with Gasteiger partial charge >= 0.3 is 12.3 Å². The van der Waals surface area contributed by atoms with E-state index in [1.807, 2.05) is 0 Å². The summed E-state index contributed by atoms with van der Waals surface area (Å²) < 4.78 is 45.1. The Balaban J connectivity index is 1.45. The average Bonchev–Trinajstić information content (AvgIpc) is 3.11. The van der Waals surface area contributed by atoms with E-state index < -0.39 is 30.6 Å². The second kappa shape index (κ2) is 9.50. The van der Waals surface area contributed by atoms with E-state index in [0.717, 1.165) is 30.7 Å². The van der Waals surface area contributed by atoms with Crippen LogP contribution in [0.3, 0.4) is 0 Å². The number of alkyl halides is 3. The first kappa shape index (κ1) is 22.1. The minimum Gasteiger partial charge on any atom is -0.452 e. The molecule has 1 aliphatic rings. The van der Waals surface area contributed by atoms with Crippen molar-refractivity contribution < 1.29 is 37.0 Å². The van der Waals surface area contributed by atoms with Crippen molar-refractivity contribution in [1.82, 2.24) is 4.90 Å². The number of amides is 2. The molecule has 0 atom stereocenters. The minimum absolute atomic E-state index is 0.108. The van der Waals surface area contributed by atoms with Crippen molar-refractivity contribution in [3.63, 3.8) is 0 Å². The second-order valence-corrected chi connectivity index (χ2v) is 6.81. The van der Waals surface area contributed by atoms with Crippen LogP contribution in [0.25, 0.3) is 0 Å². The number of nitrogens with zero attached hydrogens (tertiary/aromatic N) is 1. The molecule has 0 spiro atoms. The molecule has 1 aliphatic heterocycles. The Morgan fingerprint density at radius 3 is 2.29 bits per heavy atom. The Bertz CT molecular complexity index is 943. The summed E-state index contributed by atoms with van der Waals surface area (Å²) in [6.45, 7) is 0.628. The van der Waals surface area contributed by atoms with E-state index in [-0.39, 0.29) is 17.2 Å². The maximum absolute atomic E-state index is 12.1. The van der Waals surface area contributed by atoms with Crippen LogP contribution in [0.1, 0.15) is 28.8 Å². The molecule has 1 saturated heterocycles. The molecule has 2 aromatic carbocycles. The van der Waals surface area contributed by atoms with Gasteiger partial charge in [0.25, 0.3) is 5.91 Å². The molecule has 0 unspecified atom stereocenters. The normalized spacial score (nSPS) is 13.8. The highest BCUT2D eigenvalue weighted by Gasteiger charge is 2.31. The van der Waals surface area contributed by atoms with Crippen LogP contribution >= 0.6 is 0 Å². The van der Waals surface area contributed by atoms with Crippen molar-refractivity contribution in [3.05, 3.63) is 59.7 Å². The minimum atomic E-state index is -4.80. The van der Waals surface area contributed by atoms with Gasteiger partial charge in [0.05, 0.1) is 5.56 Å². The van der Waals surface area contributed by atoms with E-state index in [2.05, 4.69) is 10.1 Å². The van der Waals surface area contributed by atoms with Gasteiger partial charge in [0.2, 0.25) is 5.91 Å². The molecule has 2 amide bonds. The zero-order valence-electron chi connectivity index (χ0n) is 16.3. The number of carbonyl (C=O) groups is 3. The lowest BCUT2D eigenvalue weighted by atomic mass is 10.1. The SMILES string of the molecule is O=C(COC(=O)c1ccc(CN2CCCC2=O)cc1)Nc1ccc(OC(F)(F)F)cc1. The summed E-state index contributed by atoms with van der Waals surface area (Å²) in [4.78, 5) is 37.4. The van der Waals surface area contributed by atoms with Gasteiger partial charge in [-0.1, -0.05) is 12.1 Å². The lowest BCUT2D eigenvalue weighted by molar-refractivity contribution is -0.274. The number of benzene rings is 2. The van der Waals surface area contributed by atoms with Crippen molar-refractivity contribution >= 4 is 23.5 Å². The molecule has 3 rings (SSSR count). The number of anilines is 1. The van der Waals surface area contributed by atoms with Crippen LogP contribution in [0.4, 0.5) is 18.9 Å². The van der Waals surface area contributed by atoms with Gasteiger partial charge in [-0.2, -0.15) is 0 Å². The molecular weight excluding hydrogens is 417 g/mol. The van der Waals surface area contributed by atoms with Crippen LogP contribution in [-0.2, 0) is 20.9 Å². The number of nitrogens with one attached hydrogen (secondary N) is 1. The van der Waals surface area contributed by atoms with Gasteiger partial charge in [0.15, 0.2) is 6.61 Å². The molecule has 0 saturated carbocycles. The Labute approximate surface area is 175 Å². The molecule has 1 heterocycles. The molecule has 1 fully saturated rings. The van der Waals surface area contributed by atoms with Gasteiger partial charge in [-0.15, -0.1) is 13.2 Å². The zero-order valence-corrected chi connectivity index (χ0v) is 16.3. The van der Waals surface area contributed by atoms with Crippen molar-refractivity contribution in [1.29, 1.82) is 0 Å². The van der Waals surface area contributed by atoms with Gasteiger partial charge in [-0.25, -0.2) is 4.79 Å². The fourth-order valence-electron chi connectivity index (χ4n) is 2.99. The third-order valence-corrected chi connectivity index (χ3v) is 4.44. The molecule has 164 valence electrons. The second-order valence-electron chi connectivity index (χ2n) is 6.81. The van der Waals surface area contributed by atoms with Crippen molar-refractivity contribution in [3.8, 4) is 5.75 Å². The Morgan fingerprint density at radius 2 is 1.71 bits per heavy atom. The molecule has 7 nitrogen and oxygen atoms in total. The van der Waals surface area contributed by atoms with Gasteiger partial charge < -0.3 is 19.7 Å². The highest BCUT2D eigenvalue weighted by molar-refractivity contribution is 5.95.